The van der Waals surface area contributed by atoms with Gasteiger partial charge in [-0.3, -0.25) is 0 Å². The first-order valence-electron chi connectivity index (χ1n) is 3.64. The Morgan fingerprint density at radius 1 is 1.46 bits per heavy atom. The first-order chi connectivity index (χ1) is 6.09. The zero-order valence-electron chi connectivity index (χ0n) is 6.87. The second-order valence-electron chi connectivity index (χ2n) is 2.48. The van der Waals surface area contributed by atoms with Crippen LogP contribution in [0.2, 0.25) is 5.02 Å². The van der Waals surface area contributed by atoms with Crippen LogP contribution in [-0.4, -0.2) is 6.09 Å². The van der Waals surface area contributed by atoms with Crippen LogP contribution < -0.4 is 5.73 Å². The molecule has 2 N–H and O–H groups in total. The zero-order valence-corrected chi connectivity index (χ0v) is 7.62. The third-order valence-electron chi connectivity index (χ3n) is 1.50. The molecule has 0 aliphatic heterocycles. The molecule has 0 aliphatic rings. The fraction of sp³-hybridized carbons (Fsp3) is 0.111. The van der Waals surface area contributed by atoms with Gasteiger partial charge in [0.1, 0.15) is 6.10 Å². The molecule has 0 fully saturated rings. The van der Waals surface area contributed by atoms with Gasteiger partial charge in [-0.2, -0.15) is 0 Å². The fourth-order valence-corrected chi connectivity index (χ4v) is 1.01. The molecule has 1 amide bonds. The first kappa shape index (κ1) is 9.86. The van der Waals surface area contributed by atoms with Gasteiger partial charge in [-0.15, -0.1) is 0 Å². The van der Waals surface area contributed by atoms with Crippen LogP contribution in [0.3, 0.4) is 0 Å². The molecule has 13 heavy (non-hydrogen) atoms. The van der Waals surface area contributed by atoms with Crippen LogP contribution in [0.5, 0.6) is 0 Å². The van der Waals surface area contributed by atoms with Crippen LogP contribution >= 0.6 is 11.6 Å². The normalized spacial score (nSPS) is 12.2. The summed E-state index contributed by atoms with van der Waals surface area (Å²) in [6, 6.07) is 6.84. The summed E-state index contributed by atoms with van der Waals surface area (Å²) in [5, 5.41) is 0.620. The molecule has 0 aromatic heterocycles. The molecule has 0 spiro atoms. The Labute approximate surface area is 81.4 Å². The second kappa shape index (κ2) is 4.14. The Balaban J connectivity index is 2.71. The number of rotatable bonds is 2. The summed E-state index contributed by atoms with van der Waals surface area (Å²) < 4.78 is 4.66. The molecular formula is C9H9ClNO2. The average Bonchev–Trinajstić information content (AvgIpc) is 2.04. The van der Waals surface area contributed by atoms with Crippen LogP contribution in [0.1, 0.15) is 11.7 Å². The monoisotopic (exact) mass is 198 g/mol. The highest BCUT2D eigenvalue weighted by molar-refractivity contribution is 6.30. The van der Waals surface area contributed by atoms with Crippen LogP contribution in [-0.2, 0) is 4.74 Å². The van der Waals surface area contributed by atoms with Gasteiger partial charge < -0.3 is 10.5 Å². The molecule has 0 aliphatic carbocycles. The molecule has 3 nitrogen and oxygen atoms in total. The largest absolute Gasteiger partial charge is 0.442 e. The van der Waals surface area contributed by atoms with Gasteiger partial charge >= 0.3 is 6.09 Å². The van der Waals surface area contributed by atoms with E-state index in [2.05, 4.69) is 11.7 Å². The Kier molecular flexibility index (Phi) is 3.14. The SMILES string of the molecule is [CH2][C@H](OC(N)=O)c1ccc(Cl)cc1. The Morgan fingerprint density at radius 2 is 2.00 bits per heavy atom. The van der Waals surface area contributed by atoms with Crippen molar-refractivity contribution in [2.24, 2.45) is 5.73 Å². The van der Waals surface area contributed by atoms with Gasteiger partial charge in [-0.1, -0.05) is 23.7 Å². The molecule has 1 rings (SSSR count). The quantitative estimate of drug-likeness (QED) is 0.793. The predicted molar refractivity (Wildman–Crippen MR) is 50.2 cm³/mol. The van der Waals surface area contributed by atoms with Crippen molar-refractivity contribution in [2.45, 2.75) is 6.10 Å². The van der Waals surface area contributed by atoms with E-state index in [-0.39, 0.29) is 0 Å². The number of hydrogen-bond donors (Lipinski definition) is 1. The van der Waals surface area contributed by atoms with Crippen molar-refractivity contribution in [3.8, 4) is 0 Å². The van der Waals surface area contributed by atoms with Gasteiger partial charge in [-0.25, -0.2) is 4.79 Å². The van der Waals surface area contributed by atoms with Crippen molar-refractivity contribution in [3.63, 3.8) is 0 Å². The van der Waals surface area contributed by atoms with Gasteiger partial charge in [0.15, 0.2) is 0 Å². The number of nitrogens with two attached hydrogens (primary N) is 1. The van der Waals surface area contributed by atoms with Crippen molar-refractivity contribution in [1.82, 2.24) is 0 Å². The number of carbonyl (C=O) groups excluding carboxylic acids is 1. The number of halogens is 1. The maximum atomic E-state index is 10.4. The maximum Gasteiger partial charge on any atom is 0.405 e. The van der Waals surface area contributed by atoms with Crippen molar-refractivity contribution < 1.29 is 9.53 Å². The summed E-state index contributed by atoms with van der Waals surface area (Å²) in [7, 11) is 0. The molecule has 1 aromatic carbocycles. The van der Waals surface area contributed by atoms with Crippen LogP contribution in [0, 0.1) is 6.92 Å². The van der Waals surface area contributed by atoms with Crippen molar-refractivity contribution >= 4 is 17.7 Å². The minimum Gasteiger partial charge on any atom is -0.442 e. The van der Waals surface area contributed by atoms with Gasteiger partial charge in [-0.05, 0) is 24.6 Å². The predicted octanol–water partition coefficient (Wildman–Crippen LogP) is 2.31. The molecule has 0 heterocycles. The molecule has 1 aromatic rings. The first-order valence-corrected chi connectivity index (χ1v) is 4.02. The summed E-state index contributed by atoms with van der Waals surface area (Å²) in [6.45, 7) is 3.61. The molecule has 0 saturated heterocycles. The average molecular weight is 199 g/mol. The van der Waals surface area contributed by atoms with Crippen LogP contribution in [0.25, 0.3) is 0 Å². The molecule has 69 valence electrons. The Morgan fingerprint density at radius 3 is 2.46 bits per heavy atom. The van der Waals surface area contributed by atoms with E-state index < -0.39 is 12.2 Å². The molecular weight excluding hydrogens is 190 g/mol. The lowest BCUT2D eigenvalue weighted by Gasteiger charge is -2.10. The van der Waals surface area contributed by atoms with E-state index in [9.17, 15) is 4.79 Å². The topological polar surface area (TPSA) is 52.3 Å². The number of ether oxygens (including phenoxy) is 1. The van der Waals surface area contributed by atoms with Crippen LogP contribution in [0.15, 0.2) is 24.3 Å². The summed E-state index contributed by atoms with van der Waals surface area (Å²) in [5.74, 6) is 0. The lowest BCUT2D eigenvalue weighted by atomic mass is 10.1. The molecule has 0 bridgehead atoms. The number of hydrogen-bond acceptors (Lipinski definition) is 2. The summed E-state index contributed by atoms with van der Waals surface area (Å²) in [5.41, 5.74) is 5.59. The minimum atomic E-state index is -0.838. The summed E-state index contributed by atoms with van der Waals surface area (Å²) in [4.78, 5) is 10.4. The smallest absolute Gasteiger partial charge is 0.405 e. The van der Waals surface area contributed by atoms with E-state index in [1.165, 1.54) is 0 Å². The maximum absolute atomic E-state index is 10.4. The third-order valence-corrected chi connectivity index (χ3v) is 1.75. The van der Waals surface area contributed by atoms with Crippen molar-refractivity contribution in [3.05, 3.63) is 41.8 Å². The molecule has 1 radical (unpaired) electrons. The lowest BCUT2D eigenvalue weighted by Crippen LogP contribution is -2.15. The molecule has 0 unspecified atom stereocenters. The highest BCUT2D eigenvalue weighted by Gasteiger charge is 2.08. The molecule has 4 heteroatoms. The molecule has 1 atom stereocenters. The van der Waals surface area contributed by atoms with Gasteiger partial charge in [0.25, 0.3) is 0 Å². The van der Waals surface area contributed by atoms with E-state index in [0.717, 1.165) is 5.56 Å². The van der Waals surface area contributed by atoms with Gasteiger partial charge in [0.2, 0.25) is 0 Å². The minimum absolute atomic E-state index is 0.588. The van der Waals surface area contributed by atoms with E-state index in [0.29, 0.717) is 5.02 Å². The second-order valence-corrected chi connectivity index (χ2v) is 2.91. The van der Waals surface area contributed by atoms with E-state index in [1.54, 1.807) is 24.3 Å². The third kappa shape index (κ3) is 2.95. The van der Waals surface area contributed by atoms with E-state index in [1.807, 2.05) is 0 Å². The summed E-state index contributed by atoms with van der Waals surface area (Å²) >= 11 is 5.67. The number of primary amides is 1. The van der Waals surface area contributed by atoms with Crippen LogP contribution in [0.4, 0.5) is 4.79 Å². The van der Waals surface area contributed by atoms with Gasteiger partial charge in [0.05, 0.1) is 0 Å². The highest BCUT2D eigenvalue weighted by Crippen LogP contribution is 2.18. The van der Waals surface area contributed by atoms with E-state index in [4.69, 9.17) is 17.3 Å². The van der Waals surface area contributed by atoms with Crippen molar-refractivity contribution in [1.29, 1.82) is 0 Å². The Hall–Kier alpha value is -1.22. The highest BCUT2D eigenvalue weighted by atomic mass is 35.5. The van der Waals surface area contributed by atoms with Gasteiger partial charge in [0, 0.05) is 5.02 Å². The summed E-state index contributed by atoms with van der Waals surface area (Å²) in [6.07, 6.45) is -1.43. The number of benzene rings is 1. The number of amides is 1. The number of carbonyl (C=O) groups is 1. The van der Waals surface area contributed by atoms with Crippen molar-refractivity contribution in [2.75, 3.05) is 0 Å². The van der Waals surface area contributed by atoms with E-state index >= 15 is 0 Å². The lowest BCUT2D eigenvalue weighted by molar-refractivity contribution is 0.128. The Bertz CT molecular complexity index is 297. The fourth-order valence-electron chi connectivity index (χ4n) is 0.886. The zero-order chi connectivity index (χ0) is 9.84. The molecule has 0 saturated carbocycles. The standard InChI is InChI=1S/C9H9ClNO2/c1-6(13-9(11)12)7-2-4-8(10)5-3-7/h2-6H,1H2,(H2,11,12)/t6-/m0/s1.